The molecule has 6 heteroatoms. The lowest BCUT2D eigenvalue weighted by molar-refractivity contribution is -0.384. The van der Waals surface area contributed by atoms with Gasteiger partial charge in [0.2, 0.25) is 0 Å². The number of amides is 1. The molecule has 1 aromatic rings. The Kier molecular flexibility index (Phi) is 2.95. The van der Waals surface area contributed by atoms with Gasteiger partial charge in [-0.2, -0.15) is 0 Å². The molecule has 0 aromatic heterocycles. The van der Waals surface area contributed by atoms with Crippen molar-refractivity contribution < 1.29 is 9.72 Å². The first kappa shape index (κ1) is 11.4. The number of carbonyl (C=O) groups excluding carboxylic acids is 1. The Morgan fingerprint density at radius 2 is 1.94 bits per heavy atom. The van der Waals surface area contributed by atoms with Crippen LogP contribution >= 0.6 is 0 Å². The van der Waals surface area contributed by atoms with Gasteiger partial charge in [0.05, 0.1) is 4.92 Å². The second-order valence-electron chi connectivity index (χ2n) is 4.07. The summed E-state index contributed by atoms with van der Waals surface area (Å²) in [6.07, 6.45) is 1.96. The third-order valence-electron chi connectivity index (χ3n) is 2.79. The van der Waals surface area contributed by atoms with Crippen LogP contribution < -0.4 is 5.73 Å². The fourth-order valence-electron chi connectivity index (χ4n) is 1.97. The third kappa shape index (κ3) is 2.35. The van der Waals surface area contributed by atoms with Crippen LogP contribution in [-0.2, 0) is 0 Å². The maximum atomic E-state index is 12.0. The van der Waals surface area contributed by atoms with Crippen molar-refractivity contribution in [3.63, 3.8) is 0 Å². The molecular formula is C11H13N3O3. The minimum atomic E-state index is -0.545. The highest BCUT2D eigenvalue weighted by molar-refractivity contribution is 5.96. The molecule has 1 heterocycles. The van der Waals surface area contributed by atoms with E-state index in [0.29, 0.717) is 18.7 Å². The number of carbonyl (C=O) groups is 1. The normalized spacial score (nSPS) is 14.9. The highest BCUT2D eigenvalue weighted by Gasteiger charge is 2.21. The molecule has 6 nitrogen and oxygen atoms in total. The predicted molar refractivity (Wildman–Crippen MR) is 62.6 cm³/mol. The molecule has 90 valence electrons. The van der Waals surface area contributed by atoms with E-state index in [4.69, 9.17) is 5.73 Å². The molecule has 0 unspecified atom stereocenters. The first-order chi connectivity index (χ1) is 8.08. The van der Waals surface area contributed by atoms with E-state index in [0.717, 1.165) is 12.8 Å². The Labute approximate surface area is 98.2 Å². The number of hydrogen-bond donors (Lipinski definition) is 1. The van der Waals surface area contributed by atoms with Gasteiger partial charge in [0.1, 0.15) is 0 Å². The number of non-ortho nitro benzene ring substituents is 1. The lowest BCUT2D eigenvalue weighted by Crippen LogP contribution is -2.27. The van der Waals surface area contributed by atoms with Gasteiger partial charge in [-0.25, -0.2) is 0 Å². The molecule has 2 N–H and O–H groups in total. The second kappa shape index (κ2) is 4.40. The van der Waals surface area contributed by atoms with Gasteiger partial charge >= 0.3 is 0 Å². The van der Waals surface area contributed by atoms with Crippen molar-refractivity contribution in [3.05, 3.63) is 33.9 Å². The van der Waals surface area contributed by atoms with Crippen molar-refractivity contribution in [2.45, 2.75) is 12.8 Å². The highest BCUT2D eigenvalue weighted by atomic mass is 16.6. The fraction of sp³-hybridized carbons (Fsp3) is 0.364. The minimum Gasteiger partial charge on any atom is -0.399 e. The quantitative estimate of drug-likeness (QED) is 0.476. The zero-order chi connectivity index (χ0) is 12.4. The smallest absolute Gasteiger partial charge is 0.272 e. The molecule has 1 aromatic carbocycles. The number of nitro benzene ring substituents is 1. The van der Waals surface area contributed by atoms with Crippen LogP contribution in [0, 0.1) is 10.1 Å². The molecule has 1 aliphatic rings. The summed E-state index contributed by atoms with van der Waals surface area (Å²) in [5.41, 5.74) is 5.94. The molecule has 0 atom stereocenters. The van der Waals surface area contributed by atoms with Crippen LogP contribution in [0.25, 0.3) is 0 Å². The number of hydrogen-bond acceptors (Lipinski definition) is 4. The Balaban J connectivity index is 2.31. The summed E-state index contributed by atoms with van der Waals surface area (Å²) in [6, 6.07) is 4.01. The third-order valence-corrected chi connectivity index (χ3v) is 2.79. The molecule has 1 saturated heterocycles. The molecule has 1 amide bonds. The summed E-state index contributed by atoms with van der Waals surface area (Å²) < 4.78 is 0. The Morgan fingerprint density at radius 1 is 1.29 bits per heavy atom. The highest BCUT2D eigenvalue weighted by Crippen LogP contribution is 2.21. The van der Waals surface area contributed by atoms with Crippen molar-refractivity contribution in [2.75, 3.05) is 18.8 Å². The van der Waals surface area contributed by atoms with Crippen LogP contribution in [0.15, 0.2) is 18.2 Å². The van der Waals surface area contributed by atoms with Gasteiger partial charge in [-0.15, -0.1) is 0 Å². The lowest BCUT2D eigenvalue weighted by atomic mass is 10.1. The zero-order valence-electron chi connectivity index (χ0n) is 9.26. The van der Waals surface area contributed by atoms with Gasteiger partial charge in [0.25, 0.3) is 11.6 Å². The summed E-state index contributed by atoms with van der Waals surface area (Å²) in [6.45, 7) is 1.42. The van der Waals surface area contributed by atoms with Gasteiger partial charge in [0, 0.05) is 36.5 Å². The van der Waals surface area contributed by atoms with Crippen LogP contribution in [-0.4, -0.2) is 28.8 Å². The Morgan fingerprint density at radius 3 is 2.53 bits per heavy atom. The van der Waals surface area contributed by atoms with Crippen molar-refractivity contribution in [1.29, 1.82) is 0 Å². The Hall–Kier alpha value is -2.11. The molecule has 0 spiro atoms. The van der Waals surface area contributed by atoms with Crippen LogP contribution in [0.4, 0.5) is 11.4 Å². The number of rotatable bonds is 2. The minimum absolute atomic E-state index is 0.146. The number of nitrogens with two attached hydrogens (primary N) is 1. The van der Waals surface area contributed by atoms with Gasteiger partial charge in [0.15, 0.2) is 0 Å². The zero-order valence-corrected chi connectivity index (χ0v) is 9.26. The van der Waals surface area contributed by atoms with Crippen LogP contribution in [0.2, 0.25) is 0 Å². The molecule has 1 fully saturated rings. The molecular weight excluding hydrogens is 222 g/mol. The maximum Gasteiger partial charge on any atom is 0.272 e. The molecule has 0 saturated carbocycles. The number of benzene rings is 1. The summed E-state index contributed by atoms with van der Waals surface area (Å²) >= 11 is 0. The average Bonchev–Trinajstić information content (AvgIpc) is 2.80. The van der Waals surface area contributed by atoms with E-state index in [1.165, 1.54) is 18.2 Å². The van der Waals surface area contributed by atoms with Gasteiger partial charge in [-0.05, 0) is 18.9 Å². The van der Waals surface area contributed by atoms with Crippen molar-refractivity contribution in [1.82, 2.24) is 4.90 Å². The van der Waals surface area contributed by atoms with E-state index in [2.05, 4.69) is 0 Å². The van der Waals surface area contributed by atoms with Crippen LogP contribution in [0.3, 0.4) is 0 Å². The molecule has 0 bridgehead atoms. The van der Waals surface area contributed by atoms with E-state index < -0.39 is 4.92 Å². The number of anilines is 1. The van der Waals surface area contributed by atoms with Gasteiger partial charge in [-0.1, -0.05) is 0 Å². The Bertz CT molecular complexity index is 467. The predicted octanol–water partition coefficient (Wildman–Crippen LogP) is 1.41. The fourth-order valence-corrected chi connectivity index (χ4v) is 1.97. The largest absolute Gasteiger partial charge is 0.399 e. The topological polar surface area (TPSA) is 89.5 Å². The summed E-state index contributed by atoms with van der Waals surface area (Å²) in [5, 5.41) is 10.7. The SMILES string of the molecule is Nc1cc(C(=O)N2CCCC2)cc([N+](=O)[O-])c1. The second-order valence-corrected chi connectivity index (χ2v) is 4.07. The van der Waals surface area contributed by atoms with E-state index in [9.17, 15) is 14.9 Å². The van der Waals surface area contributed by atoms with Crippen molar-refractivity contribution in [2.24, 2.45) is 0 Å². The monoisotopic (exact) mass is 235 g/mol. The van der Waals surface area contributed by atoms with E-state index in [-0.39, 0.29) is 17.3 Å². The molecule has 1 aliphatic heterocycles. The van der Waals surface area contributed by atoms with Gasteiger partial charge in [-0.3, -0.25) is 14.9 Å². The standard InChI is InChI=1S/C11H13N3O3/c12-9-5-8(6-10(7-9)14(16)17)11(15)13-3-1-2-4-13/h5-7H,1-4,12H2. The average molecular weight is 235 g/mol. The summed E-state index contributed by atoms with van der Waals surface area (Å²) in [5.74, 6) is -0.182. The number of nitro groups is 1. The number of nitrogen functional groups attached to an aromatic ring is 1. The van der Waals surface area contributed by atoms with E-state index in [1.807, 2.05) is 0 Å². The molecule has 0 aliphatic carbocycles. The van der Waals surface area contributed by atoms with E-state index >= 15 is 0 Å². The van der Waals surface area contributed by atoms with Gasteiger partial charge < -0.3 is 10.6 Å². The molecule has 0 radical (unpaired) electrons. The molecule has 17 heavy (non-hydrogen) atoms. The summed E-state index contributed by atoms with van der Waals surface area (Å²) in [4.78, 5) is 23.8. The maximum absolute atomic E-state index is 12.0. The van der Waals surface area contributed by atoms with Crippen molar-refractivity contribution >= 4 is 17.3 Å². The molecule has 2 rings (SSSR count). The first-order valence-electron chi connectivity index (χ1n) is 5.42. The summed E-state index contributed by atoms with van der Waals surface area (Å²) in [7, 11) is 0. The number of nitrogens with zero attached hydrogens (tertiary/aromatic N) is 2. The lowest BCUT2D eigenvalue weighted by Gasteiger charge is -2.15. The van der Waals surface area contributed by atoms with E-state index in [1.54, 1.807) is 4.90 Å². The van der Waals surface area contributed by atoms with Crippen LogP contribution in [0.5, 0.6) is 0 Å². The number of likely N-dealkylation sites (tertiary alicyclic amines) is 1. The first-order valence-corrected chi connectivity index (χ1v) is 5.42. The van der Waals surface area contributed by atoms with Crippen LogP contribution in [0.1, 0.15) is 23.2 Å². The van der Waals surface area contributed by atoms with Crippen molar-refractivity contribution in [3.8, 4) is 0 Å².